The van der Waals surface area contributed by atoms with Crippen molar-refractivity contribution in [1.82, 2.24) is 24.9 Å². The van der Waals surface area contributed by atoms with Gasteiger partial charge >= 0.3 is 0 Å². The van der Waals surface area contributed by atoms with Crippen molar-refractivity contribution in [1.29, 1.82) is 0 Å². The Morgan fingerprint density at radius 1 is 0.917 bits per heavy atom. The molecule has 0 fully saturated rings. The van der Waals surface area contributed by atoms with Crippen molar-refractivity contribution in [3.63, 3.8) is 0 Å². The lowest BCUT2D eigenvalue weighted by Gasteiger charge is -1.99. The Labute approximate surface area is 139 Å². The van der Waals surface area contributed by atoms with E-state index in [-0.39, 0.29) is 5.82 Å². The van der Waals surface area contributed by atoms with Crippen LogP contribution in [0.1, 0.15) is 0 Å². The standard InChI is InChI=1S/C17H11FN5S/c18-13-9-12(10-19-11-13)17-22-7-8-24(17)15-4-1-3-14(23-15)16-20-5-2-6-21-16/h1-11H/q+1. The summed E-state index contributed by atoms with van der Waals surface area (Å²) in [4.78, 5) is 21.4. The second-order valence-corrected chi connectivity index (χ2v) is 6.64. The van der Waals surface area contributed by atoms with Crippen molar-refractivity contribution in [3.8, 4) is 27.1 Å². The molecular weight excluding hydrogens is 325 g/mol. The number of nitrogens with zero attached hydrogens (tertiary/aromatic N) is 5. The summed E-state index contributed by atoms with van der Waals surface area (Å²) in [5, 5.41) is 3.54. The van der Waals surface area contributed by atoms with Crippen LogP contribution in [0, 0.1) is 5.82 Å². The van der Waals surface area contributed by atoms with Crippen LogP contribution >= 0.6 is 10.5 Å². The van der Waals surface area contributed by atoms with E-state index in [1.54, 1.807) is 30.9 Å². The Balaban J connectivity index is 1.80. The van der Waals surface area contributed by atoms with E-state index in [1.165, 1.54) is 12.3 Å². The van der Waals surface area contributed by atoms with E-state index in [4.69, 9.17) is 0 Å². The highest BCUT2D eigenvalue weighted by Crippen LogP contribution is 2.39. The van der Waals surface area contributed by atoms with Crippen molar-refractivity contribution in [2.75, 3.05) is 0 Å². The van der Waals surface area contributed by atoms with Gasteiger partial charge in [-0.15, -0.1) is 0 Å². The van der Waals surface area contributed by atoms with Crippen LogP contribution in [-0.2, 0) is 0 Å². The van der Waals surface area contributed by atoms with Gasteiger partial charge in [0.1, 0.15) is 11.5 Å². The molecule has 1 atom stereocenters. The zero-order chi connectivity index (χ0) is 16.4. The molecule has 4 rings (SSSR count). The smallest absolute Gasteiger partial charge is 0.261 e. The van der Waals surface area contributed by atoms with Crippen LogP contribution in [0.15, 0.2) is 66.7 Å². The van der Waals surface area contributed by atoms with E-state index in [2.05, 4.69) is 24.9 Å². The first-order valence-electron chi connectivity index (χ1n) is 7.14. The minimum atomic E-state index is -0.476. The second-order valence-electron chi connectivity index (χ2n) is 4.88. The van der Waals surface area contributed by atoms with Gasteiger partial charge in [0.05, 0.1) is 28.4 Å². The monoisotopic (exact) mass is 336 g/mol. The SMILES string of the molecule is Fc1cncc(-c2ncc[s+]2-c2cccc(-c3ncccn3)n2)c1. The van der Waals surface area contributed by atoms with Gasteiger partial charge in [-0.05, 0) is 18.2 Å². The van der Waals surface area contributed by atoms with E-state index in [0.29, 0.717) is 17.1 Å². The third kappa shape index (κ3) is 2.77. The minimum absolute atomic E-state index is 0.384. The largest absolute Gasteiger partial charge is 0.282 e. The van der Waals surface area contributed by atoms with Gasteiger partial charge in [0.15, 0.2) is 11.2 Å². The Kier molecular flexibility index (Phi) is 3.76. The number of hydrogen-bond donors (Lipinski definition) is 0. The van der Waals surface area contributed by atoms with Gasteiger partial charge in [-0.3, -0.25) is 4.98 Å². The average Bonchev–Trinajstić information content (AvgIpc) is 3.12. The highest BCUT2D eigenvalue weighted by molar-refractivity contribution is 7.40. The molecule has 5 nitrogen and oxygen atoms in total. The summed E-state index contributed by atoms with van der Waals surface area (Å²) >= 11 is 0. The molecule has 4 heterocycles. The molecule has 0 aliphatic rings. The number of thiazole rings is 1. The molecule has 0 aliphatic carbocycles. The second kappa shape index (κ2) is 6.21. The molecule has 24 heavy (non-hydrogen) atoms. The number of halogens is 1. The molecule has 0 spiro atoms. The van der Waals surface area contributed by atoms with Gasteiger partial charge in [-0.1, -0.05) is 6.07 Å². The Morgan fingerprint density at radius 3 is 2.62 bits per heavy atom. The number of aromatic nitrogens is 5. The molecule has 0 saturated carbocycles. The maximum absolute atomic E-state index is 13.5. The highest BCUT2D eigenvalue weighted by atomic mass is 32.2. The van der Waals surface area contributed by atoms with E-state index in [1.807, 2.05) is 23.6 Å². The fourth-order valence-corrected chi connectivity index (χ4v) is 3.88. The first-order chi connectivity index (χ1) is 11.8. The first kappa shape index (κ1) is 14.5. The predicted octanol–water partition coefficient (Wildman–Crippen LogP) is 3.87. The van der Waals surface area contributed by atoms with Gasteiger partial charge in [0.25, 0.3) is 10.0 Å². The summed E-state index contributed by atoms with van der Waals surface area (Å²) in [6.07, 6.45) is 7.87. The molecule has 116 valence electrons. The normalized spacial score (nSPS) is 11.5. The lowest BCUT2D eigenvalue weighted by molar-refractivity contribution is 0.622. The molecule has 0 aliphatic heterocycles. The van der Waals surface area contributed by atoms with Gasteiger partial charge in [0.2, 0.25) is 0 Å². The maximum Gasteiger partial charge on any atom is 0.282 e. The molecule has 0 saturated heterocycles. The summed E-state index contributed by atoms with van der Waals surface area (Å²) in [5.41, 5.74) is 1.35. The number of hydrogen-bond acceptors (Lipinski definition) is 5. The van der Waals surface area contributed by atoms with Crippen LogP contribution < -0.4 is 0 Å². The Hall–Kier alpha value is -3.06. The lowest BCUT2D eigenvalue weighted by Crippen LogP contribution is -1.91. The third-order valence-electron chi connectivity index (χ3n) is 3.29. The fourth-order valence-electron chi connectivity index (χ4n) is 2.27. The van der Waals surface area contributed by atoms with Crippen molar-refractivity contribution in [2.45, 2.75) is 0 Å². The molecule has 0 radical (unpaired) electrons. The van der Waals surface area contributed by atoms with Crippen LogP contribution in [0.25, 0.3) is 27.1 Å². The number of pyridine rings is 2. The highest BCUT2D eigenvalue weighted by Gasteiger charge is 2.22. The van der Waals surface area contributed by atoms with Crippen molar-refractivity contribution in [3.05, 3.63) is 72.5 Å². The molecular formula is C17H11FN5S+. The summed E-state index contributed by atoms with van der Waals surface area (Å²) in [6, 6.07) is 8.89. The molecule has 4 aromatic rings. The molecule has 0 amide bonds. The van der Waals surface area contributed by atoms with Gasteiger partial charge in [-0.2, -0.15) is 4.98 Å². The Morgan fingerprint density at radius 2 is 1.79 bits per heavy atom. The van der Waals surface area contributed by atoms with E-state index < -0.39 is 10.5 Å². The summed E-state index contributed by atoms with van der Waals surface area (Å²) in [5.74, 6) is 0.182. The van der Waals surface area contributed by atoms with Crippen LogP contribution in [-0.4, -0.2) is 24.9 Å². The van der Waals surface area contributed by atoms with E-state index >= 15 is 0 Å². The molecule has 4 aromatic heterocycles. The topological polar surface area (TPSA) is 64.5 Å². The number of rotatable bonds is 3. The quantitative estimate of drug-likeness (QED) is 0.531. The third-order valence-corrected chi connectivity index (χ3v) is 5.12. The summed E-state index contributed by atoms with van der Waals surface area (Å²) in [6.45, 7) is 0. The van der Waals surface area contributed by atoms with Gasteiger partial charge < -0.3 is 0 Å². The maximum atomic E-state index is 13.5. The van der Waals surface area contributed by atoms with Gasteiger partial charge in [-0.25, -0.2) is 19.3 Å². The molecule has 7 heteroatoms. The Bertz CT molecular complexity index is 987. The summed E-state index contributed by atoms with van der Waals surface area (Å²) in [7, 11) is -0.476. The summed E-state index contributed by atoms with van der Waals surface area (Å²) < 4.78 is 13.5. The van der Waals surface area contributed by atoms with Gasteiger partial charge in [0, 0.05) is 24.7 Å². The predicted molar refractivity (Wildman–Crippen MR) is 90.1 cm³/mol. The van der Waals surface area contributed by atoms with Crippen LogP contribution in [0.5, 0.6) is 0 Å². The molecule has 0 aromatic carbocycles. The van der Waals surface area contributed by atoms with Crippen molar-refractivity contribution in [2.24, 2.45) is 0 Å². The van der Waals surface area contributed by atoms with Crippen molar-refractivity contribution >= 4 is 10.5 Å². The zero-order valence-electron chi connectivity index (χ0n) is 12.4. The zero-order valence-corrected chi connectivity index (χ0v) is 13.2. The molecule has 1 unspecified atom stereocenters. The van der Waals surface area contributed by atoms with Crippen LogP contribution in [0.2, 0.25) is 0 Å². The lowest BCUT2D eigenvalue weighted by atomic mass is 10.3. The van der Waals surface area contributed by atoms with Crippen molar-refractivity contribution < 1.29 is 4.39 Å². The fraction of sp³-hybridized carbons (Fsp3) is 0. The van der Waals surface area contributed by atoms with E-state index in [9.17, 15) is 4.39 Å². The van der Waals surface area contributed by atoms with Crippen LogP contribution in [0.3, 0.4) is 0 Å². The minimum Gasteiger partial charge on any atom is -0.261 e. The van der Waals surface area contributed by atoms with E-state index in [0.717, 1.165) is 10.0 Å². The van der Waals surface area contributed by atoms with Crippen LogP contribution in [0.4, 0.5) is 4.39 Å². The molecule has 0 N–H and O–H groups in total. The first-order valence-corrected chi connectivity index (χ1v) is 8.43. The average molecular weight is 336 g/mol. The molecule has 0 bridgehead atoms.